The first-order chi connectivity index (χ1) is 9.63. The largest absolute Gasteiger partial charge is 0.478 e. The molecule has 0 saturated heterocycles. The molecule has 6 heteroatoms. The van der Waals surface area contributed by atoms with E-state index in [4.69, 9.17) is 14.3 Å². The lowest BCUT2D eigenvalue weighted by molar-refractivity contribution is 0.0697. The zero-order valence-electron chi connectivity index (χ0n) is 10.0. The molecule has 0 aliphatic carbocycles. The van der Waals surface area contributed by atoms with Gasteiger partial charge in [-0.25, -0.2) is 4.79 Å². The Hall–Kier alpha value is -2.34. The minimum Gasteiger partial charge on any atom is -0.478 e. The number of carbonyl (C=O) groups is 1. The highest BCUT2D eigenvalue weighted by molar-refractivity contribution is 9.10. The Morgan fingerprint density at radius 3 is 2.80 bits per heavy atom. The Bertz CT molecular complexity index is 797. The number of hydrogen-bond donors (Lipinski definition) is 1. The van der Waals surface area contributed by atoms with Crippen LogP contribution in [0.25, 0.3) is 11.1 Å². The van der Waals surface area contributed by atoms with Crippen molar-refractivity contribution < 1.29 is 19.1 Å². The molecule has 0 saturated carbocycles. The van der Waals surface area contributed by atoms with Crippen LogP contribution in [0.1, 0.15) is 10.4 Å². The molecular weight excluding hydrogens is 326 g/mol. The SMILES string of the molecule is O=C(O)c1ccc2nc(Oc3ccccc3Br)oc2c1. The van der Waals surface area contributed by atoms with Crippen molar-refractivity contribution in [2.45, 2.75) is 0 Å². The molecule has 20 heavy (non-hydrogen) atoms. The second kappa shape index (κ2) is 4.97. The Balaban J connectivity index is 1.97. The van der Waals surface area contributed by atoms with Crippen LogP contribution >= 0.6 is 15.9 Å². The van der Waals surface area contributed by atoms with Crippen molar-refractivity contribution in [2.24, 2.45) is 0 Å². The van der Waals surface area contributed by atoms with Crippen LogP contribution in [0.5, 0.6) is 11.8 Å². The van der Waals surface area contributed by atoms with Crippen molar-refractivity contribution >= 4 is 33.0 Å². The fraction of sp³-hybridized carbons (Fsp3) is 0. The Morgan fingerprint density at radius 1 is 1.25 bits per heavy atom. The highest BCUT2D eigenvalue weighted by atomic mass is 79.9. The lowest BCUT2D eigenvalue weighted by atomic mass is 10.2. The second-order valence-electron chi connectivity index (χ2n) is 4.00. The van der Waals surface area contributed by atoms with E-state index in [1.807, 2.05) is 18.2 Å². The van der Waals surface area contributed by atoms with Gasteiger partial charge in [-0.05, 0) is 46.3 Å². The summed E-state index contributed by atoms with van der Waals surface area (Å²) in [5.74, 6) is -0.450. The van der Waals surface area contributed by atoms with Crippen LogP contribution in [-0.2, 0) is 0 Å². The van der Waals surface area contributed by atoms with Crippen molar-refractivity contribution in [3.63, 3.8) is 0 Å². The van der Waals surface area contributed by atoms with Crippen molar-refractivity contribution in [1.82, 2.24) is 4.98 Å². The summed E-state index contributed by atoms with van der Waals surface area (Å²) in [6, 6.07) is 11.7. The number of para-hydroxylation sites is 1. The fourth-order valence-electron chi connectivity index (χ4n) is 1.70. The molecule has 0 amide bonds. The van der Waals surface area contributed by atoms with Crippen LogP contribution in [0.2, 0.25) is 0 Å². The molecule has 1 aromatic heterocycles. The molecular formula is C14H8BrNO4. The number of carboxylic acid groups (broad SMARTS) is 1. The Morgan fingerprint density at radius 2 is 2.05 bits per heavy atom. The summed E-state index contributed by atoms with van der Waals surface area (Å²) in [6.45, 7) is 0. The molecule has 2 aromatic carbocycles. The molecule has 0 bridgehead atoms. The van der Waals surface area contributed by atoms with Crippen LogP contribution in [-0.4, -0.2) is 16.1 Å². The van der Waals surface area contributed by atoms with Crippen LogP contribution in [0.3, 0.4) is 0 Å². The summed E-state index contributed by atoms with van der Waals surface area (Å²) in [6.07, 6.45) is 0.0643. The van der Waals surface area contributed by atoms with Gasteiger partial charge in [-0.3, -0.25) is 0 Å². The van der Waals surface area contributed by atoms with Crippen LogP contribution < -0.4 is 4.74 Å². The van der Waals surface area contributed by atoms with Gasteiger partial charge in [-0.1, -0.05) is 12.1 Å². The second-order valence-corrected chi connectivity index (χ2v) is 4.85. The highest BCUT2D eigenvalue weighted by Gasteiger charge is 2.12. The van der Waals surface area contributed by atoms with E-state index in [0.29, 0.717) is 16.8 Å². The minimum absolute atomic E-state index is 0.0643. The smallest absolute Gasteiger partial charge is 0.400 e. The predicted molar refractivity (Wildman–Crippen MR) is 75.2 cm³/mol. The molecule has 3 aromatic rings. The zero-order chi connectivity index (χ0) is 14.1. The monoisotopic (exact) mass is 333 g/mol. The van der Waals surface area contributed by atoms with Gasteiger partial charge in [0.15, 0.2) is 5.58 Å². The highest BCUT2D eigenvalue weighted by Crippen LogP contribution is 2.30. The number of aromatic carboxylic acids is 1. The van der Waals surface area contributed by atoms with Crippen LogP contribution in [0, 0.1) is 0 Å². The summed E-state index contributed by atoms with van der Waals surface area (Å²) in [5.41, 5.74) is 1.05. The summed E-state index contributed by atoms with van der Waals surface area (Å²) in [7, 11) is 0. The van der Waals surface area contributed by atoms with E-state index < -0.39 is 5.97 Å². The molecule has 5 nitrogen and oxygen atoms in total. The third-order valence-corrected chi connectivity index (χ3v) is 3.30. The first-order valence-electron chi connectivity index (χ1n) is 5.70. The van der Waals surface area contributed by atoms with Gasteiger partial charge in [-0.2, -0.15) is 4.98 Å². The van der Waals surface area contributed by atoms with Gasteiger partial charge in [0, 0.05) is 0 Å². The van der Waals surface area contributed by atoms with E-state index >= 15 is 0 Å². The van der Waals surface area contributed by atoms with Gasteiger partial charge in [-0.15, -0.1) is 0 Å². The number of fused-ring (bicyclic) bond motifs is 1. The maximum atomic E-state index is 10.9. The average Bonchev–Trinajstić information content (AvgIpc) is 2.82. The number of oxazole rings is 1. The first-order valence-corrected chi connectivity index (χ1v) is 6.49. The van der Waals surface area contributed by atoms with Crippen molar-refractivity contribution in [1.29, 1.82) is 0 Å². The number of aromatic nitrogens is 1. The topological polar surface area (TPSA) is 72.6 Å². The quantitative estimate of drug-likeness (QED) is 0.781. The molecule has 0 aliphatic rings. The normalized spacial score (nSPS) is 10.7. The van der Waals surface area contributed by atoms with Crippen molar-refractivity contribution in [3.05, 3.63) is 52.5 Å². The maximum Gasteiger partial charge on any atom is 0.400 e. The average molecular weight is 334 g/mol. The summed E-state index contributed by atoms with van der Waals surface area (Å²) >= 11 is 3.36. The van der Waals surface area contributed by atoms with Gasteiger partial charge in [0.2, 0.25) is 0 Å². The summed E-state index contributed by atoms with van der Waals surface area (Å²) in [4.78, 5) is 15.0. The standard InChI is InChI=1S/C14H8BrNO4/c15-9-3-1-2-4-11(9)19-14-16-10-6-5-8(13(17)18)7-12(10)20-14/h1-7H,(H,17,18). The molecule has 0 atom stereocenters. The van der Waals surface area contributed by atoms with Gasteiger partial charge >= 0.3 is 12.0 Å². The van der Waals surface area contributed by atoms with Gasteiger partial charge < -0.3 is 14.3 Å². The molecule has 0 radical (unpaired) electrons. The fourth-order valence-corrected chi connectivity index (χ4v) is 2.07. The molecule has 1 heterocycles. The van der Waals surface area contributed by atoms with Gasteiger partial charge in [0.05, 0.1) is 10.0 Å². The number of nitrogens with zero attached hydrogens (tertiary/aromatic N) is 1. The van der Waals surface area contributed by atoms with Crippen LogP contribution in [0.4, 0.5) is 0 Å². The lowest BCUT2D eigenvalue weighted by Gasteiger charge is -2.01. The molecule has 0 aliphatic heterocycles. The van der Waals surface area contributed by atoms with E-state index in [1.165, 1.54) is 12.1 Å². The number of carboxylic acids is 1. The summed E-state index contributed by atoms with van der Waals surface area (Å²) in [5, 5.41) is 8.92. The molecule has 0 fully saturated rings. The lowest BCUT2D eigenvalue weighted by Crippen LogP contribution is -1.94. The van der Waals surface area contributed by atoms with E-state index in [9.17, 15) is 4.79 Å². The third-order valence-electron chi connectivity index (χ3n) is 2.65. The first kappa shape index (κ1) is 12.7. The van der Waals surface area contributed by atoms with Gasteiger partial charge in [0.1, 0.15) is 11.3 Å². The molecule has 0 unspecified atom stereocenters. The Labute approximate surface area is 121 Å². The van der Waals surface area contributed by atoms with E-state index in [-0.39, 0.29) is 11.6 Å². The third kappa shape index (κ3) is 2.37. The number of rotatable bonds is 3. The summed E-state index contributed by atoms with van der Waals surface area (Å²) < 4.78 is 11.7. The van der Waals surface area contributed by atoms with E-state index in [1.54, 1.807) is 12.1 Å². The zero-order valence-corrected chi connectivity index (χ0v) is 11.6. The van der Waals surface area contributed by atoms with Crippen molar-refractivity contribution in [2.75, 3.05) is 0 Å². The van der Waals surface area contributed by atoms with Gasteiger partial charge in [0.25, 0.3) is 0 Å². The predicted octanol–water partition coefficient (Wildman–Crippen LogP) is 4.08. The number of ether oxygens (including phenoxy) is 1. The Kier molecular flexibility index (Phi) is 3.15. The maximum absolute atomic E-state index is 10.9. The van der Waals surface area contributed by atoms with Crippen LogP contribution in [0.15, 0.2) is 51.4 Å². The van der Waals surface area contributed by atoms with E-state index in [0.717, 1.165) is 4.47 Å². The molecule has 3 rings (SSSR count). The molecule has 1 N–H and O–H groups in total. The molecule has 0 spiro atoms. The number of halogens is 1. The number of hydrogen-bond acceptors (Lipinski definition) is 4. The van der Waals surface area contributed by atoms with Crippen molar-refractivity contribution in [3.8, 4) is 11.8 Å². The minimum atomic E-state index is -1.02. The number of benzene rings is 2. The molecule has 100 valence electrons. The van der Waals surface area contributed by atoms with E-state index in [2.05, 4.69) is 20.9 Å².